The number of imidazole rings is 2. The third-order valence-corrected chi connectivity index (χ3v) is 9.45. The quantitative estimate of drug-likeness (QED) is 0.293. The molecule has 1 unspecified atom stereocenters. The molecule has 214 valence electrons. The van der Waals surface area contributed by atoms with Crippen molar-refractivity contribution in [1.82, 2.24) is 29.7 Å². The van der Waals surface area contributed by atoms with Crippen LogP contribution in [0.2, 0.25) is 0 Å². The zero-order chi connectivity index (χ0) is 28.2. The SMILES string of the molecule is O=C(CC1CC1)N1CCCC1c1nc2ccc(C#Cc3ccc4nc([C@@H]5CCCN5C(=O)CC5CC5)[nH]c4c3)cc2[nH]1. The summed E-state index contributed by atoms with van der Waals surface area (Å²) in [5.41, 5.74) is 5.52. The molecule has 2 aromatic carbocycles. The van der Waals surface area contributed by atoms with E-state index in [1.165, 1.54) is 25.7 Å². The molecule has 4 aliphatic rings. The van der Waals surface area contributed by atoms with Crippen LogP contribution in [-0.2, 0) is 9.59 Å². The Morgan fingerprint density at radius 1 is 0.690 bits per heavy atom. The van der Waals surface area contributed by atoms with E-state index in [4.69, 9.17) is 9.97 Å². The van der Waals surface area contributed by atoms with Crippen LogP contribution >= 0.6 is 0 Å². The lowest BCUT2D eigenvalue weighted by molar-refractivity contribution is -0.133. The van der Waals surface area contributed by atoms with Gasteiger partial charge in [-0.15, -0.1) is 0 Å². The summed E-state index contributed by atoms with van der Waals surface area (Å²) in [5.74, 6) is 10.1. The second-order valence-electron chi connectivity index (χ2n) is 12.7. The Labute approximate surface area is 245 Å². The van der Waals surface area contributed by atoms with Crippen LogP contribution in [0.25, 0.3) is 22.1 Å². The molecule has 4 heterocycles. The molecule has 8 nitrogen and oxygen atoms in total. The number of hydrogen-bond donors (Lipinski definition) is 2. The zero-order valence-corrected chi connectivity index (χ0v) is 23.9. The van der Waals surface area contributed by atoms with Crippen molar-refractivity contribution in [3.8, 4) is 11.8 Å². The number of aromatic nitrogens is 4. The molecule has 0 radical (unpaired) electrons. The van der Waals surface area contributed by atoms with Crippen LogP contribution in [0.3, 0.4) is 0 Å². The van der Waals surface area contributed by atoms with Gasteiger partial charge in [-0.25, -0.2) is 9.97 Å². The molecule has 2 aliphatic carbocycles. The van der Waals surface area contributed by atoms with Gasteiger partial charge in [0.05, 0.1) is 34.2 Å². The molecule has 2 atom stereocenters. The lowest BCUT2D eigenvalue weighted by Crippen LogP contribution is -2.31. The summed E-state index contributed by atoms with van der Waals surface area (Å²) in [6, 6.07) is 12.2. The Morgan fingerprint density at radius 3 is 1.57 bits per heavy atom. The molecule has 2 aliphatic heterocycles. The zero-order valence-electron chi connectivity index (χ0n) is 23.9. The second kappa shape index (κ2) is 10.3. The summed E-state index contributed by atoms with van der Waals surface area (Å²) in [4.78, 5) is 46.4. The van der Waals surface area contributed by atoms with Crippen LogP contribution in [-0.4, -0.2) is 54.6 Å². The van der Waals surface area contributed by atoms with Crippen molar-refractivity contribution in [3.63, 3.8) is 0 Å². The summed E-state index contributed by atoms with van der Waals surface area (Å²) in [6.07, 6.45) is 10.1. The Morgan fingerprint density at radius 2 is 1.14 bits per heavy atom. The van der Waals surface area contributed by atoms with Crippen molar-refractivity contribution in [2.45, 2.75) is 76.3 Å². The van der Waals surface area contributed by atoms with Gasteiger partial charge in [0.15, 0.2) is 0 Å². The minimum absolute atomic E-state index is 0.0387. The molecule has 8 heteroatoms. The smallest absolute Gasteiger partial charge is 0.223 e. The number of hydrogen-bond acceptors (Lipinski definition) is 4. The van der Waals surface area contributed by atoms with Crippen molar-refractivity contribution in [1.29, 1.82) is 0 Å². The van der Waals surface area contributed by atoms with Crippen molar-refractivity contribution < 1.29 is 9.59 Å². The van der Waals surface area contributed by atoms with Crippen LogP contribution < -0.4 is 0 Å². The fourth-order valence-electron chi connectivity index (χ4n) is 6.75. The van der Waals surface area contributed by atoms with Gasteiger partial charge in [-0.05, 0) is 99.6 Å². The Balaban J connectivity index is 0.992. The number of amides is 2. The molecule has 2 saturated carbocycles. The normalized spacial score (nSPS) is 22.2. The average molecular weight is 561 g/mol. The van der Waals surface area contributed by atoms with Gasteiger partial charge in [0, 0.05) is 37.1 Å². The van der Waals surface area contributed by atoms with Crippen molar-refractivity contribution >= 4 is 33.9 Å². The fourth-order valence-corrected chi connectivity index (χ4v) is 6.75. The maximum absolute atomic E-state index is 12.8. The number of fused-ring (bicyclic) bond motifs is 2. The van der Waals surface area contributed by atoms with Gasteiger partial charge in [0.25, 0.3) is 0 Å². The summed E-state index contributed by atoms with van der Waals surface area (Å²) in [7, 11) is 0. The summed E-state index contributed by atoms with van der Waals surface area (Å²) >= 11 is 0. The first-order chi connectivity index (χ1) is 20.6. The monoisotopic (exact) mass is 560 g/mol. The number of likely N-dealkylation sites (tertiary alicyclic amines) is 2. The van der Waals surface area contributed by atoms with Gasteiger partial charge >= 0.3 is 0 Å². The Bertz CT molecular complexity index is 1620. The van der Waals surface area contributed by atoms with Gasteiger partial charge in [-0.3, -0.25) is 9.59 Å². The minimum atomic E-state index is 0.0387. The van der Waals surface area contributed by atoms with Gasteiger partial charge in [-0.1, -0.05) is 11.8 Å². The third kappa shape index (κ3) is 5.06. The van der Waals surface area contributed by atoms with Crippen LogP contribution in [0.4, 0.5) is 0 Å². The molecule has 4 fully saturated rings. The van der Waals surface area contributed by atoms with Crippen molar-refractivity contribution in [2.75, 3.05) is 13.1 Å². The van der Waals surface area contributed by atoms with E-state index in [9.17, 15) is 9.59 Å². The van der Waals surface area contributed by atoms with E-state index in [1.54, 1.807) is 0 Å². The fraction of sp³-hybridized carbons (Fsp3) is 0.471. The van der Waals surface area contributed by atoms with Crippen molar-refractivity contribution in [3.05, 3.63) is 59.2 Å². The van der Waals surface area contributed by atoms with Crippen LogP contribution in [0, 0.1) is 23.7 Å². The first kappa shape index (κ1) is 25.6. The highest BCUT2D eigenvalue weighted by atomic mass is 16.2. The van der Waals surface area contributed by atoms with E-state index in [0.717, 1.165) is 83.6 Å². The first-order valence-electron chi connectivity index (χ1n) is 15.7. The van der Waals surface area contributed by atoms with Gasteiger partial charge in [0.1, 0.15) is 11.6 Å². The van der Waals surface area contributed by atoms with E-state index >= 15 is 0 Å². The highest BCUT2D eigenvalue weighted by molar-refractivity contribution is 5.81. The molecule has 2 N–H and O–H groups in total. The number of carbonyl (C=O) groups is 2. The predicted octanol–water partition coefficient (Wildman–Crippen LogP) is 5.77. The van der Waals surface area contributed by atoms with Gasteiger partial charge in [0.2, 0.25) is 11.8 Å². The summed E-state index contributed by atoms with van der Waals surface area (Å²) < 4.78 is 0. The van der Waals surface area contributed by atoms with E-state index in [0.29, 0.717) is 24.7 Å². The number of nitrogens with zero attached hydrogens (tertiary/aromatic N) is 4. The first-order valence-corrected chi connectivity index (χ1v) is 15.7. The minimum Gasteiger partial charge on any atom is -0.340 e. The Hall–Kier alpha value is -4.12. The lowest BCUT2D eigenvalue weighted by Gasteiger charge is -2.23. The largest absolute Gasteiger partial charge is 0.340 e. The summed E-state index contributed by atoms with van der Waals surface area (Å²) in [6.45, 7) is 1.65. The maximum atomic E-state index is 12.8. The molecule has 0 spiro atoms. The van der Waals surface area contributed by atoms with E-state index in [1.807, 2.05) is 46.2 Å². The van der Waals surface area contributed by atoms with Crippen LogP contribution in [0.1, 0.15) is 99.1 Å². The molecule has 4 aromatic rings. The number of carbonyl (C=O) groups excluding carboxylic acids is 2. The third-order valence-electron chi connectivity index (χ3n) is 9.45. The highest BCUT2D eigenvalue weighted by Gasteiger charge is 2.36. The average Bonchev–Trinajstić information content (AvgIpc) is 3.70. The predicted molar refractivity (Wildman–Crippen MR) is 160 cm³/mol. The van der Waals surface area contributed by atoms with E-state index in [-0.39, 0.29) is 23.9 Å². The topological polar surface area (TPSA) is 98.0 Å². The number of nitrogens with one attached hydrogen (secondary N) is 2. The standard InChI is InChI=1S/C34H36N6O2/c41-31(19-23-7-8-23)39-15-1-3-29(39)33-35-25-13-11-21(17-27(25)37-33)5-6-22-12-14-26-28(18-22)38-34(36-26)30-4-2-16-40(30)32(42)20-24-9-10-24/h11-14,17-18,23-24,29-30H,1-4,7-10,15-16,19-20H2,(H,35,37)(H,36,38)/t29-,30?/m0/s1. The molecular weight excluding hydrogens is 524 g/mol. The summed E-state index contributed by atoms with van der Waals surface area (Å²) in [5, 5.41) is 0. The van der Waals surface area contributed by atoms with Crippen LogP contribution in [0.15, 0.2) is 36.4 Å². The maximum Gasteiger partial charge on any atom is 0.223 e. The van der Waals surface area contributed by atoms with Gasteiger partial charge in [-0.2, -0.15) is 0 Å². The van der Waals surface area contributed by atoms with E-state index in [2.05, 4.69) is 21.8 Å². The molecule has 8 rings (SSSR count). The number of benzene rings is 2. The van der Waals surface area contributed by atoms with Crippen molar-refractivity contribution in [2.24, 2.45) is 11.8 Å². The molecule has 0 bridgehead atoms. The molecule has 2 aromatic heterocycles. The van der Waals surface area contributed by atoms with Gasteiger partial charge < -0.3 is 19.8 Å². The number of rotatable bonds is 6. The second-order valence-corrected chi connectivity index (χ2v) is 12.7. The highest BCUT2D eigenvalue weighted by Crippen LogP contribution is 2.38. The van der Waals surface area contributed by atoms with Crippen LogP contribution in [0.5, 0.6) is 0 Å². The number of aromatic amines is 2. The molecule has 2 amide bonds. The van der Waals surface area contributed by atoms with E-state index < -0.39 is 0 Å². The molecule has 42 heavy (non-hydrogen) atoms. The number of H-pyrrole nitrogens is 2. The lowest BCUT2D eigenvalue weighted by atomic mass is 10.1. The molecular formula is C34H36N6O2. The molecule has 2 saturated heterocycles. The Kier molecular flexibility index (Phi) is 6.28.